The Bertz CT molecular complexity index is 755. The van der Waals surface area contributed by atoms with Crippen molar-refractivity contribution in [1.29, 1.82) is 0 Å². The van der Waals surface area contributed by atoms with Crippen LogP contribution < -0.4 is 9.47 Å². The highest BCUT2D eigenvalue weighted by molar-refractivity contribution is 5.79. The fourth-order valence-electron chi connectivity index (χ4n) is 2.29. The van der Waals surface area contributed by atoms with Gasteiger partial charge in [-0.2, -0.15) is 0 Å². The van der Waals surface area contributed by atoms with Crippen LogP contribution in [0.25, 0.3) is 10.9 Å². The molecule has 0 atom stereocenters. The molecule has 0 aliphatic carbocycles. The van der Waals surface area contributed by atoms with Crippen LogP contribution in [0.1, 0.15) is 12.0 Å². The van der Waals surface area contributed by atoms with Crippen molar-refractivity contribution in [3.63, 3.8) is 0 Å². The zero-order chi connectivity index (χ0) is 15.2. The summed E-state index contributed by atoms with van der Waals surface area (Å²) in [4.78, 5) is 4.30. The fraction of sp³-hybridized carbons (Fsp3) is 0.211. The summed E-state index contributed by atoms with van der Waals surface area (Å²) in [6, 6.07) is 18.0. The van der Waals surface area contributed by atoms with E-state index in [4.69, 9.17) is 9.47 Å². The second kappa shape index (κ2) is 6.94. The van der Waals surface area contributed by atoms with E-state index in [-0.39, 0.29) is 0 Å². The van der Waals surface area contributed by atoms with Gasteiger partial charge in [0.15, 0.2) is 0 Å². The average molecular weight is 293 g/mol. The first kappa shape index (κ1) is 14.4. The van der Waals surface area contributed by atoms with Crippen molar-refractivity contribution in [2.24, 2.45) is 0 Å². The van der Waals surface area contributed by atoms with Gasteiger partial charge in [0.2, 0.25) is 0 Å². The van der Waals surface area contributed by atoms with Gasteiger partial charge >= 0.3 is 0 Å². The lowest BCUT2D eigenvalue weighted by Gasteiger charge is -2.10. The van der Waals surface area contributed by atoms with Gasteiger partial charge in [-0.15, -0.1) is 0 Å². The first-order valence-electron chi connectivity index (χ1n) is 7.49. The average Bonchev–Trinajstić information content (AvgIpc) is 2.56. The summed E-state index contributed by atoms with van der Waals surface area (Å²) >= 11 is 0. The Hall–Kier alpha value is -2.55. The number of benzene rings is 2. The first-order valence-corrected chi connectivity index (χ1v) is 7.49. The third-order valence-corrected chi connectivity index (χ3v) is 3.48. The molecule has 0 spiro atoms. The second-order valence-corrected chi connectivity index (χ2v) is 5.17. The van der Waals surface area contributed by atoms with Crippen molar-refractivity contribution in [3.05, 3.63) is 66.4 Å². The summed E-state index contributed by atoms with van der Waals surface area (Å²) in [6.45, 7) is 3.34. The largest absolute Gasteiger partial charge is 0.493 e. The highest BCUT2D eigenvalue weighted by atomic mass is 16.5. The standard InChI is InChI=1S/C19H19NO2/c1-15-6-2-3-8-19(15)22-13-5-12-21-17-9-10-18-16(14-17)7-4-11-20-18/h2-4,6-11,14H,5,12-13H2,1H3. The molecule has 0 unspecified atom stereocenters. The van der Waals surface area contributed by atoms with E-state index in [2.05, 4.69) is 18.0 Å². The van der Waals surface area contributed by atoms with Crippen LogP contribution in [0.2, 0.25) is 0 Å². The van der Waals surface area contributed by atoms with Crippen LogP contribution in [-0.4, -0.2) is 18.2 Å². The minimum atomic E-state index is 0.637. The number of aryl methyl sites for hydroxylation is 1. The summed E-state index contributed by atoms with van der Waals surface area (Å²) in [5.41, 5.74) is 2.14. The minimum absolute atomic E-state index is 0.637. The van der Waals surface area contributed by atoms with E-state index in [0.29, 0.717) is 13.2 Å². The van der Waals surface area contributed by atoms with Crippen LogP contribution in [0.4, 0.5) is 0 Å². The number of rotatable bonds is 6. The molecule has 3 nitrogen and oxygen atoms in total. The molecule has 0 saturated heterocycles. The molecule has 0 N–H and O–H groups in total. The van der Waals surface area contributed by atoms with Gasteiger partial charge in [0.1, 0.15) is 11.5 Å². The number of nitrogens with zero attached hydrogens (tertiary/aromatic N) is 1. The molecule has 1 aromatic heterocycles. The van der Waals surface area contributed by atoms with Crippen molar-refractivity contribution in [2.45, 2.75) is 13.3 Å². The Kier molecular flexibility index (Phi) is 4.54. The van der Waals surface area contributed by atoms with E-state index in [1.54, 1.807) is 6.20 Å². The molecule has 0 radical (unpaired) electrons. The summed E-state index contributed by atoms with van der Waals surface area (Å²) in [7, 11) is 0. The Morgan fingerprint density at radius 1 is 0.909 bits per heavy atom. The summed E-state index contributed by atoms with van der Waals surface area (Å²) in [5.74, 6) is 1.82. The molecule has 1 heterocycles. The zero-order valence-electron chi connectivity index (χ0n) is 12.7. The maximum Gasteiger partial charge on any atom is 0.122 e. The Labute approximate surface area is 130 Å². The van der Waals surface area contributed by atoms with Gasteiger partial charge in [-0.25, -0.2) is 0 Å². The number of ether oxygens (including phenoxy) is 2. The molecule has 0 fully saturated rings. The summed E-state index contributed by atoms with van der Waals surface area (Å²) in [5, 5.41) is 1.09. The van der Waals surface area contributed by atoms with Gasteiger partial charge < -0.3 is 9.47 Å². The Morgan fingerprint density at radius 2 is 1.77 bits per heavy atom. The predicted molar refractivity (Wildman–Crippen MR) is 88.5 cm³/mol. The number of pyridine rings is 1. The first-order chi connectivity index (χ1) is 10.8. The van der Waals surface area contributed by atoms with Gasteiger partial charge in [0.25, 0.3) is 0 Å². The highest BCUT2D eigenvalue weighted by Crippen LogP contribution is 2.19. The molecule has 2 aromatic carbocycles. The quantitative estimate of drug-likeness (QED) is 0.632. The molecule has 3 rings (SSSR count). The third-order valence-electron chi connectivity index (χ3n) is 3.48. The molecule has 22 heavy (non-hydrogen) atoms. The molecule has 3 aromatic rings. The molecule has 0 saturated carbocycles. The molecule has 0 bridgehead atoms. The molecular weight excluding hydrogens is 274 g/mol. The topological polar surface area (TPSA) is 31.4 Å². The van der Waals surface area contributed by atoms with Crippen molar-refractivity contribution >= 4 is 10.9 Å². The third kappa shape index (κ3) is 3.55. The maximum atomic E-state index is 5.77. The molecule has 112 valence electrons. The summed E-state index contributed by atoms with van der Waals surface area (Å²) < 4.78 is 11.5. The van der Waals surface area contributed by atoms with Gasteiger partial charge in [0.05, 0.1) is 18.7 Å². The van der Waals surface area contributed by atoms with Crippen LogP contribution in [-0.2, 0) is 0 Å². The van der Waals surface area contributed by atoms with Gasteiger partial charge in [-0.05, 0) is 42.8 Å². The van der Waals surface area contributed by atoms with Gasteiger partial charge in [-0.1, -0.05) is 24.3 Å². The molecule has 0 aliphatic heterocycles. The smallest absolute Gasteiger partial charge is 0.122 e. The van der Waals surface area contributed by atoms with Gasteiger partial charge in [-0.3, -0.25) is 4.98 Å². The van der Waals surface area contributed by atoms with Crippen molar-refractivity contribution in [1.82, 2.24) is 4.98 Å². The Balaban J connectivity index is 1.47. The summed E-state index contributed by atoms with van der Waals surface area (Å²) in [6.07, 6.45) is 2.64. The van der Waals surface area contributed by atoms with E-state index in [1.807, 2.05) is 48.5 Å². The lowest BCUT2D eigenvalue weighted by Crippen LogP contribution is -2.05. The normalized spacial score (nSPS) is 10.6. The SMILES string of the molecule is Cc1ccccc1OCCCOc1ccc2ncccc2c1. The predicted octanol–water partition coefficient (Wildman–Crippen LogP) is 4.39. The van der Waals surface area contributed by atoms with E-state index in [9.17, 15) is 0 Å². The van der Waals surface area contributed by atoms with Crippen LogP contribution in [0.15, 0.2) is 60.8 Å². The van der Waals surface area contributed by atoms with Gasteiger partial charge in [0, 0.05) is 18.0 Å². The number of fused-ring (bicyclic) bond motifs is 1. The van der Waals surface area contributed by atoms with Crippen LogP contribution in [0.3, 0.4) is 0 Å². The second-order valence-electron chi connectivity index (χ2n) is 5.17. The van der Waals surface area contributed by atoms with E-state index in [1.165, 1.54) is 0 Å². The van der Waals surface area contributed by atoms with Crippen LogP contribution in [0.5, 0.6) is 11.5 Å². The monoisotopic (exact) mass is 293 g/mol. The maximum absolute atomic E-state index is 5.77. The number of para-hydroxylation sites is 1. The lowest BCUT2D eigenvalue weighted by molar-refractivity contribution is 0.247. The number of hydrogen-bond acceptors (Lipinski definition) is 3. The Morgan fingerprint density at radius 3 is 2.68 bits per heavy atom. The number of aromatic nitrogens is 1. The van der Waals surface area contributed by atoms with E-state index < -0.39 is 0 Å². The van der Waals surface area contributed by atoms with Crippen molar-refractivity contribution in [3.8, 4) is 11.5 Å². The van der Waals surface area contributed by atoms with Crippen LogP contribution in [0, 0.1) is 6.92 Å². The van der Waals surface area contributed by atoms with Crippen molar-refractivity contribution < 1.29 is 9.47 Å². The van der Waals surface area contributed by atoms with E-state index >= 15 is 0 Å². The highest BCUT2D eigenvalue weighted by Gasteiger charge is 2.00. The molecule has 3 heteroatoms. The molecule has 0 aliphatic rings. The number of hydrogen-bond donors (Lipinski definition) is 0. The molecular formula is C19H19NO2. The zero-order valence-corrected chi connectivity index (χ0v) is 12.7. The van der Waals surface area contributed by atoms with Crippen molar-refractivity contribution in [2.75, 3.05) is 13.2 Å². The minimum Gasteiger partial charge on any atom is -0.493 e. The van der Waals surface area contributed by atoms with Crippen LogP contribution >= 0.6 is 0 Å². The fourth-order valence-corrected chi connectivity index (χ4v) is 2.29. The lowest BCUT2D eigenvalue weighted by atomic mass is 10.2. The molecule has 0 amide bonds. The van der Waals surface area contributed by atoms with E-state index in [0.717, 1.165) is 34.4 Å².